The summed E-state index contributed by atoms with van der Waals surface area (Å²) in [6.45, 7) is 8.91. The van der Waals surface area contributed by atoms with Gasteiger partial charge in [-0.3, -0.25) is 10.1 Å². The van der Waals surface area contributed by atoms with E-state index in [4.69, 9.17) is 10.5 Å². The van der Waals surface area contributed by atoms with Crippen LogP contribution in [0.2, 0.25) is 0 Å². The summed E-state index contributed by atoms with van der Waals surface area (Å²) in [5.74, 6) is -0.557. The number of alkyl carbamates (subject to hydrolysis) is 1. The molecule has 0 saturated heterocycles. The predicted molar refractivity (Wildman–Crippen MR) is 81.8 cm³/mol. The van der Waals surface area contributed by atoms with Crippen molar-refractivity contribution in [3.8, 4) is 0 Å². The largest absolute Gasteiger partial charge is 0.444 e. The number of rotatable bonds is 3. The number of nitrogens with two attached hydrogens (primary N) is 1. The Morgan fingerprint density at radius 2 is 1.62 bits per heavy atom. The van der Waals surface area contributed by atoms with Crippen molar-refractivity contribution < 1.29 is 14.3 Å². The molecule has 0 aliphatic rings. The normalized spacial score (nSPS) is 13.4. The van der Waals surface area contributed by atoms with E-state index in [9.17, 15) is 9.59 Å². The zero-order valence-corrected chi connectivity index (χ0v) is 13.3. The molecule has 116 valence electrons. The molecular weight excluding hydrogens is 268 g/mol. The van der Waals surface area contributed by atoms with Gasteiger partial charge in [0.25, 0.3) is 0 Å². The Balaban J connectivity index is 2.76. The lowest BCUT2D eigenvalue weighted by molar-refractivity contribution is -0.123. The van der Waals surface area contributed by atoms with Gasteiger partial charge in [-0.25, -0.2) is 4.79 Å². The monoisotopic (exact) mass is 292 g/mol. The molecule has 1 atom stereocenters. The van der Waals surface area contributed by atoms with Crippen LogP contribution >= 0.6 is 0 Å². The minimum atomic E-state index is -0.868. The molecule has 1 rings (SSSR count). The number of imide groups is 1. The van der Waals surface area contributed by atoms with Crippen LogP contribution in [0.5, 0.6) is 0 Å². The molecule has 0 heterocycles. The average molecular weight is 292 g/mol. The molecule has 21 heavy (non-hydrogen) atoms. The summed E-state index contributed by atoms with van der Waals surface area (Å²) in [5.41, 5.74) is 5.68. The van der Waals surface area contributed by atoms with E-state index in [2.05, 4.69) is 5.32 Å². The first kappa shape index (κ1) is 17.2. The Morgan fingerprint density at radius 1 is 1.10 bits per heavy atom. The van der Waals surface area contributed by atoms with Crippen molar-refractivity contribution in [2.24, 2.45) is 5.73 Å². The van der Waals surface area contributed by atoms with Gasteiger partial charge in [0.05, 0.1) is 6.04 Å². The van der Waals surface area contributed by atoms with E-state index in [0.29, 0.717) is 0 Å². The maximum atomic E-state index is 12.1. The van der Waals surface area contributed by atoms with Gasteiger partial charge in [-0.15, -0.1) is 0 Å². The lowest BCUT2D eigenvalue weighted by Crippen LogP contribution is -2.53. The zero-order valence-electron chi connectivity index (χ0n) is 13.3. The number of hydrogen-bond donors (Lipinski definition) is 2. The minimum absolute atomic E-state index is 0.557. The summed E-state index contributed by atoms with van der Waals surface area (Å²) in [5, 5.41) is 2.19. The molecule has 0 aliphatic heterocycles. The van der Waals surface area contributed by atoms with E-state index in [1.54, 1.807) is 20.8 Å². The first-order valence-corrected chi connectivity index (χ1v) is 6.89. The third-order valence-corrected chi connectivity index (χ3v) is 3.20. The molecule has 3 N–H and O–H groups in total. The minimum Gasteiger partial charge on any atom is -0.444 e. The molecule has 5 nitrogen and oxygen atoms in total. The van der Waals surface area contributed by atoms with Crippen LogP contribution in [0.3, 0.4) is 0 Å². The average Bonchev–Trinajstić information content (AvgIpc) is 2.36. The molecule has 2 amide bonds. The lowest BCUT2D eigenvalue weighted by Gasteiger charge is -2.31. The predicted octanol–water partition coefficient (Wildman–Crippen LogP) is 2.34. The van der Waals surface area contributed by atoms with E-state index < -0.39 is 29.1 Å². The SMILES string of the molecule is CC(C)(C)OC(=O)NC(=O)[C@@H](N)C(C)(C)c1ccccc1. The van der Waals surface area contributed by atoms with Crippen molar-refractivity contribution in [1.29, 1.82) is 0 Å². The van der Waals surface area contributed by atoms with Crippen molar-refractivity contribution in [3.05, 3.63) is 35.9 Å². The van der Waals surface area contributed by atoms with Gasteiger partial charge in [-0.2, -0.15) is 0 Å². The van der Waals surface area contributed by atoms with Crippen molar-refractivity contribution >= 4 is 12.0 Å². The lowest BCUT2D eigenvalue weighted by atomic mass is 9.78. The third-order valence-electron chi connectivity index (χ3n) is 3.20. The van der Waals surface area contributed by atoms with Crippen LogP contribution in [0.25, 0.3) is 0 Å². The van der Waals surface area contributed by atoms with E-state index in [1.807, 2.05) is 44.2 Å². The number of hydrogen-bond acceptors (Lipinski definition) is 4. The van der Waals surface area contributed by atoms with Gasteiger partial charge in [-0.1, -0.05) is 44.2 Å². The van der Waals surface area contributed by atoms with E-state index in [0.717, 1.165) is 5.56 Å². The van der Waals surface area contributed by atoms with Gasteiger partial charge >= 0.3 is 6.09 Å². The summed E-state index contributed by atoms with van der Waals surface area (Å²) >= 11 is 0. The fourth-order valence-corrected chi connectivity index (χ4v) is 1.86. The van der Waals surface area contributed by atoms with Crippen molar-refractivity contribution in [1.82, 2.24) is 5.32 Å². The standard InChI is InChI=1S/C16H24N2O3/c1-15(2,3)21-14(20)18-13(19)12(17)16(4,5)11-9-7-6-8-10-11/h6-10,12H,17H2,1-5H3,(H,18,19,20)/t12-/m1/s1. The van der Waals surface area contributed by atoms with E-state index in [1.165, 1.54) is 0 Å². The number of carbonyl (C=O) groups excluding carboxylic acids is 2. The van der Waals surface area contributed by atoms with Crippen LogP contribution in [0.4, 0.5) is 4.79 Å². The summed E-state index contributed by atoms with van der Waals surface area (Å²) < 4.78 is 5.05. The fourth-order valence-electron chi connectivity index (χ4n) is 1.86. The van der Waals surface area contributed by atoms with E-state index >= 15 is 0 Å². The Hall–Kier alpha value is -1.88. The second-order valence-corrected chi connectivity index (χ2v) is 6.56. The highest BCUT2D eigenvalue weighted by molar-refractivity contribution is 5.95. The second-order valence-electron chi connectivity index (χ2n) is 6.56. The van der Waals surface area contributed by atoms with E-state index in [-0.39, 0.29) is 0 Å². The van der Waals surface area contributed by atoms with Gasteiger partial charge in [-0.05, 0) is 26.3 Å². The van der Waals surface area contributed by atoms with Crippen LogP contribution in [0, 0.1) is 0 Å². The van der Waals surface area contributed by atoms with Crippen molar-refractivity contribution in [2.75, 3.05) is 0 Å². The topological polar surface area (TPSA) is 81.4 Å². The van der Waals surface area contributed by atoms with Crippen LogP contribution in [0.1, 0.15) is 40.2 Å². The van der Waals surface area contributed by atoms with Crippen LogP contribution < -0.4 is 11.1 Å². The summed E-state index contributed by atoms with van der Waals surface area (Å²) in [7, 11) is 0. The summed E-state index contributed by atoms with van der Waals surface area (Å²) in [6, 6.07) is 8.60. The highest BCUT2D eigenvalue weighted by Gasteiger charge is 2.35. The summed E-state index contributed by atoms with van der Waals surface area (Å²) in [4.78, 5) is 23.7. The van der Waals surface area contributed by atoms with Crippen LogP contribution in [0.15, 0.2) is 30.3 Å². The zero-order chi connectivity index (χ0) is 16.3. The molecule has 0 aliphatic carbocycles. The maximum absolute atomic E-state index is 12.1. The highest BCUT2D eigenvalue weighted by atomic mass is 16.6. The number of nitrogens with one attached hydrogen (secondary N) is 1. The van der Waals surface area contributed by atoms with Gasteiger partial charge in [0.2, 0.25) is 5.91 Å². The number of ether oxygens (including phenoxy) is 1. The van der Waals surface area contributed by atoms with Gasteiger partial charge in [0.1, 0.15) is 5.60 Å². The Labute approximate surface area is 125 Å². The molecule has 0 radical (unpaired) electrons. The Morgan fingerprint density at radius 3 is 2.10 bits per heavy atom. The quantitative estimate of drug-likeness (QED) is 0.896. The molecule has 0 fully saturated rings. The first-order chi connectivity index (χ1) is 9.54. The van der Waals surface area contributed by atoms with Crippen LogP contribution in [-0.4, -0.2) is 23.6 Å². The van der Waals surface area contributed by atoms with Gasteiger partial charge < -0.3 is 10.5 Å². The molecule has 0 unspecified atom stereocenters. The smallest absolute Gasteiger partial charge is 0.414 e. The van der Waals surface area contributed by atoms with Crippen LogP contribution in [-0.2, 0) is 14.9 Å². The molecular formula is C16H24N2O3. The molecule has 1 aromatic carbocycles. The third kappa shape index (κ3) is 4.86. The maximum Gasteiger partial charge on any atom is 0.414 e. The molecule has 0 bridgehead atoms. The first-order valence-electron chi connectivity index (χ1n) is 6.89. The number of carbonyl (C=O) groups is 2. The number of benzene rings is 1. The molecule has 5 heteroatoms. The molecule has 1 aromatic rings. The van der Waals surface area contributed by atoms with Crippen molar-refractivity contribution in [3.63, 3.8) is 0 Å². The van der Waals surface area contributed by atoms with Gasteiger partial charge in [0.15, 0.2) is 0 Å². The fraction of sp³-hybridized carbons (Fsp3) is 0.500. The van der Waals surface area contributed by atoms with Gasteiger partial charge in [0, 0.05) is 5.41 Å². The molecule has 0 aromatic heterocycles. The molecule has 0 saturated carbocycles. The Bertz CT molecular complexity index is 504. The van der Waals surface area contributed by atoms with Crippen molar-refractivity contribution in [2.45, 2.75) is 51.7 Å². The number of amides is 2. The summed E-state index contributed by atoms with van der Waals surface area (Å²) in [6.07, 6.45) is -0.785. The molecule has 0 spiro atoms. The highest BCUT2D eigenvalue weighted by Crippen LogP contribution is 2.26. The Kier molecular flexibility index (Phi) is 5.12. The second kappa shape index (κ2) is 6.26.